The molecule has 3 aromatic rings. The number of pyridine rings is 1. The van der Waals surface area contributed by atoms with Gasteiger partial charge in [0.05, 0.1) is 22.8 Å². The van der Waals surface area contributed by atoms with Gasteiger partial charge >= 0.3 is 0 Å². The average molecular weight is 306 g/mol. The molecule has 0 aliphatic heterocycles. The molecule has 0 radical (unpaired) electrons. The molecule has 0 aliphatic rings. The quantitative estimate of drug-likeness (QED) is 0.767. The summed E-state index contributed by atoms with van der Waals surface area (Å²) in [6, 6.07) is 8.16. The fraction of sp³-hybridized carbons (Fsp3) is 0.267. The number of nitrogens with one attached hydrogen (secondary N) is 1. The van der Waals surface area contributed by atoms with Gasteiger partial charge in [0.2, 0.25) is 0 Å². The number of aromatic nitrogens is 2. The number of hydrogen-bond donors (Lipinski definition) is 1. The van der Waals surface area contributed by atoms with E-state index in [-0.39, 0.29) is 6.04 Å². The van der Waals surface area contributed by atoms with Gasteiger partial charge in [-0.25, -0.2) is 4.52 Å². The number of halogens is 1. The van der Waals surface area contributed by atoms with Crippen molar-refractivity contribution in [2.45, 2.75) is 19.4 Å². The third kappa shape index (κ3) is 2.46. The van der Waals surface area contributed by atoms with Crippen LogP contribution in [0.3, 0.4) is 0 Å². The second-order valence-electron chi connectivity index (χ2n) is 4.65. The standard InChI is InChI=1S/C15H16ClN3S/c1-2-7-17-14(15-12(16)6-9-20-15)11-10-18-19-8-4-3-5-13(11)19/h3-6,8-10,14,17H,2,7H2,1H3. The van der Waals surface area contributed by atoms with Crippen molar-refractivity contribution in [1.82, 2.24) is 14.9 Å². The number of thiophene rings is 1. The number of rotatable bonds is 5. The van der Waals surface area contributed by atoms with Crippen molar-refractivity contribution in [1.29, 1.82) is 0 Å². The van der Waals surface area contributed by atoms with E-state index in [1.54, 1.807) is 11.3 Å². The SMILES string of the molecule is CCCNC(c1sccc1Cl)c1cnn2ccccc12. The molecule has 0 spiro atoms. The maximum Gasteiger partial charge on any atom is 0.0723 e. The molecule has 3 rings (SSSR count). The molecule has 0 saturated carbocycles. The van der Waals surface area contributed by atoms with Gasteiger partial charge in [0.15, 0.2) is 0 Å². The fourth-order valence-electron chi connectivity index (χ4n) is 2.32. The van der Waals surface area contributed by atoms with E-state index in [0.29, 0.717) is 0 Å². The van der Waals surface area contributed by atoms with E-state index < -0.39 is 0 Å². The van der Waals surface area contributed by atoms with Gasteiger partial charge in [-0.1, -0.05) is 24.6 Å². The zero-order chi connectivity index (χ0) is 13.9. The summed E-state index contributed by atoms with van der Waals surface area (Å²) in [6.07, 6.45) is 4.98. The van der Waals surface area contributed by atoms with Crippen LogP contribution in [0.2, 0.25) is 5.02 Å². The van der Waals surface area contributed by atoms with Crippen molar-refractivity contribution in [3.05, 3.63) is 57.5 Å². The molecule has 0 amide bonds. The van der Waals surface area contributed by atoms with Crippen molar-refractivity contribution < 1.29 is 0 Å². The first-order chi connectivity index (χ1) is 9.81. The van der Waals surface area contributed by atoms with E-state index in [9.17, 15) is 0 Å². The van der Waals surface area contributed by atoms with Crippen LogP contribution in [0.4, 0.5) is 0 Å². The van der Waals surface area contributed by atoms with E-state index in [0.717, 1.165) is 28.4 Å². The Hall–Kier alpha value is -1.36. The van der Waals surface area contributed by atoms with Crippen LogP contribution in [0.25, 0.3) is 5.52 Å². The maximum absolute atomic E-state index is 6.32. The second-order valence-corrected chi connectivity index (χ2v) is 6.01. The van der Waals surface area contributed by atoms with Gasteiger partial charge in [-0.2, -0.15) is 5.10 Å². The molecule has 1 atom stereocenters. The number of hydrogen-bond acceptors (Lipinski definition) is 3. The predicted molar refractivity (Wildman–Crippen MR) is 84.7 cm³/mol. The summed E-state index contributed by atoms with van der Waals surface area (Å²) in [5.41, 5.74) is 2.29. The van der Waals surface area contributed by atoms with E-state index in [1.165, 1.54) is 5.56 Å². The van der Waals surface area contributed by atoms with Gasteiger partial charge in [-0.15, -0.1) is 11.3 Å². The Morgan fingerprint density at radius 1 is 1.40 bits per heavy atom. The normalized spacial score (nSPS) is 12.9. The number of nitrogens with zero attached hydrogens (tertiary/aromatic N) is 2. The molecule has 0 bridgehead atoms. The largest absolute Gasteiger partial charge is 0.305 e. The van der Waals surface area contributed by atoms with Crippen molar-refractivity contribution in [2.75, 3.05) is 6.54 Å². The summed E-state index contributed by atoms with van der Waals surface area (Å²) < 4.78 is 1.90. The highest BCUT2D eigenvalue weighted by atomic mass is 35.5. The molecule has 0 aromatic carbocycles. The molecular formula is C15H16ClN3S. The zero-order valence-electron chi connectivity index (χ0n) is 11.2. The Kier molecular flexibility index (Phi) is 4.05. The molecule has 20 heavy (non-hydrogen) atoms. The minimum absolute atomic E-state index is 0.0994. The summed E-state index contributed by atoms with van der Waals surface area (Å²) in [5.74, 6) is 0. The lowest BCUT2D eigenvalue weighted by molar-refractivity contribution is 0.609. The highest BCUT2D eigenvalue weighted by Crippen LogP contribution is 2.34. The lowest BCUT2D eigenvalue weighted by Crippen LogP contribution is -2.22. The van der Waals surface area contributed by atoms with Crippen molar-refractivity contribution in [2.24, 2.45) is 0 Å². The molecule has 1 unspecified atom stereocenters. The van der Waals surface area contributed by atoms with Gasteiger partial charge in [-0.3, -0.25) is 0 Å². The first kappa shape index (κ1) is 13.6. The lowest BCUT2D eigenvalue weighted by atomic mass is 10.1. The van der Waals surface area contributed by atoms with Gasteiger partial charge in [0.1, 0.15) is 0 Å². The molecule has 3 aromatic heterocycles. The van der Waals surface area contributed by atoms with Crippen molar-refractivity contribution in [3.8, 4) is 0 Å². The average Bonchev–Trinajstić information content (AvgIpc) is 3.07. The fourth-order valence-corrected chi connectivity index (χ4v) is 3.58. The summed E-state index contributed by atoms with van der Waals surface area (Å²) in [5, 5.41) is 10.9. The van der Waals surface area contributed by atoms with E-state index in [1.807, 2.05) is 40.5 Å². The van der Waals surface area contributed by atoms with Crippen LogP contribution in [0.1, 0.15) is 29.8 Å². The molecule has 0 fully saturated rings. The Bertz CT molecular complexity index is 704. The lowest BCUT2D eigenvalue weighted by Gasteiger charge is -2.17. The molecule has 5 heteroatoms. The summed E-state index contributed by atoms with van der Waals surface area (Å²) >= 11 is 8.01. The van der Waals surface area contributed by atoms with Gasteiger partial charge in [0, 0.05) is 16.6 Å². The number of fused-ring (bicyclic) bond motifs is 1. The van der Waals surface area contributed by atoms with Crippen molar-refractivity contribution >= 4 is 28.5 Å². The van der Waals surface area contributed by atoms with Crippen LogP contribution in [-0.4, -0.2) is 16.2 Å². The van der Waals surface area contributed by atoms with E-state index >= 15 is 0 Å². The van der Waals surface area contributed by atoms with Crippen LogP contribution < -0.4 is 5.32 Å². The van der Waals surface area contributed by atoms with Crippen LogP contribution in [0.5, 0.6) is 0 Å². The molecule has 104 valence electrons. The van der Waals surface area contributed by atoms with E-state index in [4.69, 9.17) is 11.6 Å². The second kappa shape index (κ2) is 5.95. The molecule has 0 saturated heterocycles. The summed E-state index contributed by atoms with van der Waals surface area (Å²) in [6.45, 7) is 3.11. The maximum atomic E-state index is 6.32. The molecule has 0 aliphatic carbocycles. The van der Waals surface area contributed by atoms with E-state index in [2.05, 4.69) is 23.4 Å². The Morgan fingerprint density at radius 2 is 2.30 bits per heavy atom. The zero-order valence-corrected chi connectivity index (χ0v) is 12.8. The van der Waals surface area contributed by atoms with Crippen LogP contribution in [-0.2, 0) is 0 Å². The smallest absolute Gasteiger partial charge is 0.0723 e. The highest BCUT2D eigenvalue weighted by molar-refractivity contribution is 7.10. The Morgan fingerprint density at radius 3 is 3.05 bits per heavy atom. The summed E-state index contributed by atoms with van der Waals surface area (Å²) in [7, 11) is 0. The van der Waals surface area contributed by atoms with Gasteiger partial charge < -0.3 is 5.32 Å². The minimum Gasteiger partial charge on any atom is -0.305 e. The molecule has 3 nitrogen and oxygen atoms in total. The predicted octanol–water partition coefficient (Wildman–Crippen LogP) is 4.14. The first-order valence-electron chi connectivity index (χ1n) is 6.69. The van der Waals surface area contributed by atoms with Crippen LogP contribution >= 0.6 is 22.9 Å². The summed E-state index contributed by atoms with van der Waals surface area (Å²) in [4.78, 5) is 1.15. The minimum atomic E-state index is 0.0994. The topological polar surface area (TPSA) is 29.3 Å². The first-order valence-corrected chi connectivity index (χ1v) is 7.95. The van der Waals surface area contributed by atoms with Crippen molar-refractivity contribution in [3.63, 3.8) is 0 Å². The highest BCUT2D eigenvalue weighted by Gasteiger charge is 2.21. The van der Waals surface area contributed by atoms with Gasteiger partial charge in [-0.05, 0) is 36.5 Å². The Balaban J connectivity index is 2.07. The Labute approximate surface area is 127 Å². The third-order valence-corrected chi connectivity index (χ3v) is 4.70. The van der Waals surface area contributed by atoms with Gasteiger partial charge in [0.25, 0.3) is 0 Å². The monoisotopic (exact) mass is 305 g/mol. The van der Waals surface area contributed by atoms with Crippen LogP contribution in [0, 0.1) is 0 Å². The third-order valence-electron chi connectivity index (χ3n) is 3.27. The molecule has 1 N–H and O–H groups in total. The van der Waals surface area contributed by atoms with Crippen LogP contribution in [0.15, 0.2) is 42.0 Å². The molecular weight excluding hydrogens is 290 g/mol. The molecule has 3 heterocycles.